The Bertz CT molecular complexity index is 3760. The van der Waals surface area contributed by atoms with E-state index in [9.17, 15) is 72.9 Å². The first-order valence-electron chi connectivity index (χ1n) is 33.7. The molecule has 31 nitrogen and oxygen atoms in total. The maximum Gasteiger partial charge on any atom is 0.325 e. The quantitative estimate of drug-likeness (QED) is 0.0135. The number of nitrogens with one attached hydrogen (secondary N) is 10. The molecular weight excluding hydrogens is 1320 g/mol. The number of phenolic OH excluding ortho intramolecular Hbond substituents is 1. The highest BCUT2D eigenvalue weighted by Gasteiger charge is 2.40. The summed E-state index contributed by atoms with van der Waals surface area (Å²) in [6.45, 7) is 6.86. The maximum atomic E-state index is 14.9. The van der Waals surface area contributed by atoms with Crippen LogP contribution in [0.4, 0.5) is 4.79 Å². The average Bonchev–Trinajstić information content (AvgIpc) is 1.13. The van der Waals surface area contributed by atoms with E-state index in [1.54, 1.807) is 38.1 Å². The van der Waals surface area contributed by atoms with E-state index in [2.05, 4.69) is 63.1 Å². The molecule has 0 saturated carbocycles. The summed E-state index contributed by atoms with van der Waals surface area (Å²) < 4.78 is 0. The standard InChI is InChI=1S/C71H94N16O15/c1-40(2)32-53(61(92)81-52(16-10-29-76-70(72)73)68(99)87-31-11-17-59(87)67(98)78-42(4)69(100)101)82-60(91)51(15-9-30-77-71(74)102)80-63(94)55(35-45-23-26-50(90)27-24-45)85-66(97)58(39-88)86-65(96)57(37-47-12-8-28-75-38-47)84-64(95)56(34-44-20-18-41(3)19-21-44)83-62(93)54(79-43(5)89)36-46-22-25-48-13-6-7-14-49(48)33-46/h6-8,12-14,18-28,33,38,40,42,51-59,88,90H,9-11,15-17,29-32,34-37,39H2,1-5H3,(H,78,98)(H,79,89)(H,80,94)(H,81,92)(H,82,91)(H,83,93)(H,84,95)(H,85,97)(H,86,96)(H,100,101)(H4,72,73,76)(H3,74,77,102)/t42-,51-,52+,53+,54-,55+,56-,57-,58+,59+/m1/s1. The van der Waals surface area contributed by atoms with Crippen LogP contribution in [-0.2, 0) is 78.4 Å². The van der Waals surface area contributed by atoms with Crippen molar-refractivity contribution in [3.8, 4) is 5.75 Å². The Kier molecular flexibility index (Phi) is 30.9. The van der Waals surface area contributed by atoms with Crippen molar-refractivity contribution in [2.45, 2.75) is 166 Å². The van der Waals surface area contributed by atoms with E-state index in [1.807, 2.05) is 61.5 Å². The number of aliphatic hydroxyl groups excluding tert-OH is 1. The number of hydrogen-bond donors (Lipinski definition) is 16. The number of likely N-dealkylation sites (tertiary alicyclic amines) is 1. The van der Waals surface area contributed by atoms with Crippen LogP contribution in [0.15, 0.2) is 121 Å². The number of aliphatic imine (C=N–C) groups is 1. The molecule has 1 aliphatic heterocycles. The van der Waals surface area contributed by atoms with Gasteiger partial charge < -0.3 is 90.6 Å². The van der Waals surface area contributed by atoms with Gasteiger partial charge in [-0.1, -0.05) is 104 Å². The van der Waals surface area contributed by atoms with E-state index >= 15 is 0 Å². The predicted octanol–water partition coefficient (Wildman–Crippen LogP) is -0.461. The third kappa shape index (κ3) is 25.8. The molecule has 31 heteroatoms. The lowest BCUT2D eigenvalue weighted by Gasteiger charge is -2.31. The number of aromatic nitrogens is 1. The molecule has 0 unspecified atom stereocenters. The minimum atomic E-state index is -1.84. The molecule has 1 aromatic heterocycles. The number of phenols is 1. The highest BCUT2D eigenvalue weighted by molar-refractivity contribution is 5.99. The summed E-state index contributed by atoms with van der Waals surface area (Å²) in [4.78, 5) is 176. The first-order chi connectivity index (χ1) is 48.6. The summed E-state index contributed by atoms with van der Waals surface area (Å²) in [5.74, 6) is -10.4. The fraction of sp³-hybridized carbons (Fsp3) is 0.437. The SMILES string of the molecule is CC(=O)N[C@H](Cc1ccc2ccccc2c1)C(=O)N[C@H](Cc1ccc(C)cc1)C(=O)N[C@H](Cc1cccnc1)C(=O)N[C@@H](CO)C(=O)N[C@@H](Cc1ccc(O)cc1)C(=O)N[C@H](CCCNC(N)=O)C(=O)N[C@@H](CC(C)C)C(=O)N[C@@H](CCCN=C(N)N)C(=O)N1CCC[C@H]1C(=O)N[C@H](C)C(=O)O. The molecule has 1 fully saturated rings. The van der Waals surface area contributed by atoms with Crippen LogP contribution in [0.25, 0.3) is 10.8 Å². The van der Waals surface area contributed by atoms with Crippen molar-refractivity contribution in [1.82, 2.24) is 63.1 Å². The Morgan fingerprint density at radius 1 is 0.569 bits per heavy atom. The minimum absolute atomic E-state index is 0.00234. The zero-order valence-electron chi connectivity index (χ0n) is 57.7. The van der Waals surface area contributed by atoms with Crippen molar-refractivity contribution in [3.05, 3.63) is 143 Å². The number of carbonyl (C=O) groups is 12. The van der Waals surface area contributed by atoms with Gasteiger partial charge in [0.15, 0.2) is 5.96 Å². The Morgan fingerprint density at radius 2 is 1.07 bits per heavy atom. The monoisotopic (exact) mass is 1410 g/mol. The number of fused-ring (bicyclic) bond motifs is 1. The van der Waals surface area contributed by atoms with Crippen molar-refractivity contribution >= 4 is 87.8 Å². The summed E-state index contributed by atoms with van der Waals surface area (Å²) in [6, 6.07) is 14.0. The van der Waals surface area contributed by atoms with E-state index < -0.39 is 138 Å². The lowest BCUT2D eigenvalue weighted by Crippen LogP contribution is -2.61. The number of aliphatic carboxylic acids is 1. The van der Waals surface area contributed by atoms with Crippen LogP contribution < -0.4 is 70.4 Å². The van der Waals surface area contributed by atoms with Crippen LogP contribution >= 0.6 is 0 Å². The molecule has 0 radical (unpaired) electrons. The molecule has 0 spiro atoms. The smallest absolute Gasteiger partial charge is 0.325 e. The van der Waals surface area contributed by atoms with Gasteiger partial charge in [0.25, 0.3) is 0 Å². The van der Waals surface area contributed by atoms with E-state index in [1.165, 1.54) is 55.4 Å². The number of primary amides is 1. The third-order valence-electron chi connectivity index (χ3n) is 16.8. The number of rotatable bonds is 38. The number of carboxylic acid groups (broad SMARTS) is 1. The van der Waals surface area contributed by atoms with Gasteiger partial charge >= 0.3 is 12.0 Å². The topological polar surface area (TPSA) is 492 Å². The van der Waals surface area contributed by atoms with Gasteiger partial charge in [0.2, 0.25) is 59.1 Å². The van der Waals surface area contributed by atoms with Crippen LogP contribution in [0, 0.1) is 12.8 Å². The normalized spacial score (nSPS) is 15.2. The molecular formula is C71H94N16O15. The summed E-state index contributed by atoms with van der Waals surface area (Å²) in [5, 5.41) is 58.6. The zero-order valence-corrected chi connectivity index (χ0v) is 57.7. The van der Waals surface area contributed by atoms with Crippen LogP contribution in [0.2, 0.25) is 0 Å². The van der Waals surface area contributed by atoms with Crippen LogP contribution in [0.5, 0.6) is 5.75 Å². The molecule has 0 aliphatic carbocycles. The van der Waals surface area contributed by atoms with Crippen molar-refractivity contribution < 1.29 is 72.9 Å². The molecule has 5 aromatic rings. The van der Waals surface area contributed by atoms with Gasteiger partial charge in [-0.15, -0.1) is 0 Å². The Hall–Kier alpha value is -11.2. The van der Waals surface area contributed by atoms with E-state index in [0.29, 0.717) is 28.7 Å². The molecule has 6 rings (SSSR count). The molecule has 19 N–H and O–H groups in total. The third-order valence-corrected chi connectivity index (χ3v) is 16.8. The van der Waals surface area contributed by atoms with E-state index in [0.717, 1.165) is 16.3 Å². The number of guanidine groups is 1. The number of pyridine rings is 1. The Labute approximate surface area is 590 Å². The highest BCUT2D eigenvalue weighted by atomic mass is 16.4. The van der Waals surface area contributed by atoms with Crippen molar-refractivity contribution in [1.29, 1.82) is 0 Å². The van der Waals surface area contributed by atoms with E-state index in [4.69, 9.17) is 17.2 Å². The number of nitrogens with two attached hydrogens (primary N) is 3. The molecule has 102 heavy (non-hydrogen) atoms. The highest BCUT2D eigenvalue weighted by Crippen LogP contribution is 2.22. The number of amides is 12. The van der Waals surface area contributed by atoms with Gasteiger partial charge in [-0.3, -0.25) is 62.7 Å². The number of carbonyl (C=O) groups excluding carboxylic acids is 11. The fourth-order valence-corrected chi connectivity index (χ4v) is 11.5. The van der Waals surface area contributed by atoms with Gasteiger partial charge in [-0.05, 0) is 116 Å². The van der Waals surface area contributed by atoms with Gasteiger partial charge in [0, 0.05) is 64.6 Å². The van der Waals surface area contributed by atoms with Crippen LogP contribution in [0.3, 0.4) is 0 Å². The first kappa shape index (κ1) is 79.7. The molecule has 1 aliphatic rings. The molecule has 10 atom stereocenters. The lowest BCUT2D eigenvalue weighted by molar-refractivity contribution is -0.144. The van der Waals surface area contributed by atoms with E-state index in [-0.39, 0.29) is 101 Å². The molecule has 0 bridgehead atoms. The fourth-order valence-electron chi connectivity index (χ4n) is 11.5. The Morgan fingerprint density at radius 3 is 1.63 bits per heavy atom. The second-order valence-electron chi connectivity index (χ2n) is 25.6. The van der Waals surface area contributed by atoms with Crippen LogP contribution in [0.1, 0.15) is 100 Å². The summed E-state index contributed by atoms with van der Waals surface area (Å²) in [6.07, 6.45) is 2.70. The molecule has 2 heterocycles. The second-order valence-corrected chi connectivity index (χ2v) is 25.6. The van der Waals surface area contributed by atoms with Crippen molar-refractivity contribution in [3.63, 3.8) is 0 Å². The summed E-state index contributed by atoms with van der Waals surface area (Å²) >= 11 is 0. The number of benzene rings is 4. The number of nitrogens with zero attached hydrogens (tertiary/aromatic N) is 3. The largest absolute Gasteiger partial charge is 0.508 e. The summed E-state index contributed by atoms with van der Waals surface area (Å²) in [7, 11) is 0. The number of carboxylic acids is 1. The summed E-state index contributed by atoms with van der Waals surface area (Å²) in [5.41, 5.74) is 19.5. The molecule has 4 aromatic carbocycles. The average molecular weight is 1410 g/mol. The predicted molar refractivity (Wildman–Crippen MR) is 377 cm³/mol. The number of hydrogen-bond acceptors (Lipinski definition) is 16. The zero-order chi connectivity index (χ0) is 74.6. The Balaban J connectivity index is 1.26. The van der Waals surface area contributed by atoms with Crippen molar-refractivity contribution in [2.24, 2.45) is 28.1 Å². The van der Waals surface area contributed by atoms with Crippen molar-refractivity contribution in [2.75, 3.05) is 26.2 Å². The lowest BCUT2D eigenvalue weighted by atomic mass is 9.99. The van der Waals surface area contributed by atoms with Gasteiger partial charge in [0.05, 0.1) is 6.61 Å². The number of aromatic hydroxyl groups is 1. The first-order valence-corrected chi connectivity index (χ1v) is 33.7. The van der Waals surface area contributed by atoms with Gasteiger partial charge in [-0.2, -0.15) is 0 Å². The van der Waals surface area contributed by atoms with Crippen LogP contribution in [-0.4, -0.2) is 189 Å². The number of aliphatic hydroxyl groups is 1. The molecule has 548 valence electrons. The molecule has 12 amide bonds. The minimum Gasteiger partial charge on any atom is -0.508 e. The maximum absolute atomic E-state index is 14.9. The van der Waals surface area contributed by atoms with Gasteiger partial charge in [-0.25, -0.2) is 4.79 Å². The second kappa shape index (κ2) is 39.5. The molecule has 1 saturated heterocycles. The number of urea groups is 1. The number of aryl methyl sites for hydroxylation is 1. The van der Waals surface area contributed by atoms with Gasteiger partial charge in [0.1, 0.15) is 66.2 Å².